The van der Waals surface area contributed by atoms with E-state index in [9.17, 15) is 9.90 Å². The van der Waals surface area contributed by atoms with Crippen LogP contribution in [0.2, 0.25) is 0 Å². The molecular weight excluding hydrogens is 336 g/mol. The number of benzene rings is 2. The number of aryl methyl sites for hydroxylation is 1. The summed E-state index contributed by atoms with van der Waals surface area (Å²) >= 11 is 0. The minimum absolute atomic E-state index is 0.0931. The number of aliphatic carboxylic acids is 1. The fourth-order valence-corrected chi connectivity index (χ4v) is 2.37. The smallest absolute Gasteiger partial charge is 0.344 e. The number of aromatic amines is 1. The average Bonchev–Trinajstić information content (AvgIpc) is 2.96. The molecule has 26 heavy (non-hydrogen) atoms. The van der Waals surface area contributed by atoms with E-state index in [1.165, 1.54) is 13.0 Å². The Bertz CT molecular complexity index is 921. The highest BCUT2D eigenvalue weighted by Crippen LogP contribution is 2.39. The monoisotopic (exact) mass is 354 g/mol. The van der Waals surface area contributed by atoms with E-state index in [-0.39, 0.29) is 11.5 Å². The topological polar surface area (TPSA) is 105 Å². The number of hydrogen-bond donors (Lipinski definition) is 3. The molecule has 1 heterocycles. The molecule has 2 aromatic carbocycles. The van der Waals surface area contributed by atoms with Crippen LogP contribution in [0.15, 0.2) is 48.5 Å². The van der Waals surface area contributed by atoms with E-state index in [2.05, 4.69) is 10.2 Å². The summed E-state index contributed by atoms with van der Waals surface area (Å²) < 4.78 is 11.2. The maximum Gasteiger partial charge on any atom is 0.344 e. The van der Waals surface area contributed by atoms with Crippen molar-refractivity contribution in [2.24, 2.45) is 0 Å². The molecule has 0 saturated carbocycles. The number of carboxylic acid groups (broad SMARTS) is 1. The van der Waals surface area contributed by atoms with E-state index >= 15 is 0 Å². The van der Waals surface area contributed by atoms with Crippen molar-refractivity contribution >= 4 is 5.97 Å². The average molecular weight is 354 g/mol. The fraction of sp³-hybridized carbons (Fsp3) is 0.158. The molecule has 0 fully saturated rings. The molecule has 0 bridgehead atoms. The van der Waals surface area contributed by atoms with E-state index in [0.717, 1.165) is 0 Å². The molecule has 1 aromatic heterocycles. The molecule has 0 spiro atoms. The molecular formula is C19H18N2O5. The van der Waals surface area contributed by atoms with Crippen LogP contribution in [0.3, 0.4) is 0 Å². The van der Waals surface area contributed by atoms with E-state index in [4.69, 9.17) is 14.6 Å². The number of nitrogens with zero attached hydrogens (tertiary/aromatic N) is 1. The number of carboxylic acids is 1. The summed E-state index contributed by atoms with van der Waals surface area (Å²) in [6, 6.07) is 13.8. The lowest BCUT2D eigenvalue weighted by atomic mass is 10.1. The van der Waals surface area contributed by atoms with Crippen LogP contribution in [0.4, 0.5) is 0 Å². The molecule has 0 aliphatic carbocycles. The van der Waals surface area contributed by atoms with Crippen molar-refractivity contribution < 1.29 is 24.5 Å². The number of ether oxygens (including phenoxy) is 2. The number of aromatic hydroxyl groups is 1. The Hall–Kier alpha value is -3.48. The van der Waals surface area contributed by atoms with Crippen LogP contribution in [-0.4, -0.2) is 32.5 Å². The third-order valence-electron chi connectivity index (χ3n) is 3.74. The number of para-hydroxylation sites is 1. The van der Waals surface area contributed by atoms with Gasteiger partial charge in [-0.25, -0.2) is 4.79 Å². The molecule has 0 radical (unpaired) electrons. The third kappa shape index (κ3) is 3.61. The van der Waals surface area contributed by atoms with Crippen LogP contribution >= 0.6 is 0 Å². The molecule has 0 saturated heterocycles. The Balaban J connectivity index is 1.91. The highest BCUT2D eigenvalue weighted by molar-refractivity contribution is 5.75. The van der Waals surface area contributed by atoms with Gasteiger partial charge in [-0.05, 0) is 38.1 Å². The zero-order chi connectivity index (χ0) is 18.7. The first-order chi connectivity index (χ1) is 12.5. The zero-order valence-corrected chi connectivity index (χ0v) is 14.3. The van der Waals surface area contributed by atoms with Gasteiger partial charge in [-0.15, -0.1) is 0 Å². The molecule has 1 unspecified atom stereocenters. The van der Waals surface area contributed by atoms with Gasteiger partial charge >= 0.3 is 5.97 Å². The number of nitrogens with one attached hydrogen (secondary N) is 1. The number of carbonyl (C=O) groups is 1. The summed E-state index contributed by atoms with van der Waals surface area (Å²) in [5.41, 5.74) is 1.60. The Morgan fingerprint density at radius 2 is 1.88 bits per heavy atom. The highest BCUT2D eigenvalue weighted by atomic mass is 16.5. The second-order valence-electron chi connectivity index (χ2n) is 5.72. The number of hydrogen-bond acceptors (Lipinski definition) is 5. The van der Waals surface area contributed by atoms with Gasteiger partial charge in [-0.1, -0.05) is 18.2 Å². The fourth-order valence-electron chi connectivity index (χ4n) is 2.37. The van der Waals surface area contributed by atoms with Crippen molar-refractivity contribution in [3.8, 4) is 34.3 Å². The van der Waals surface area contributed by atoms with Gasteiger partial charge in [0.2, 0.25) is 0 Å². The second-order valence-corrected chi connectivity index (χ2v) is 5.72. The molecule has 7 nitrogen and oxygen atoms in total. The maximum atomic E-state index is 10.9. The van der Waals surface area contributed by atoms with E-state index in [1.54, 1.807) is 12.1 Å². The van der Waals surface area contributed by atoms with Crippen molar-refractivity contribution in [2.45, 2.75) is 20.0 Å². The number of aromatic nitrogens is 2. The molecule has 3 rings (SSSR count). The lowest BCUT2D eigenvalue weighted by molar-refractivity contribution is -0.144. The van der Waals surface area contributed by atoms with Crippen molar-refractivity contribution in [1.29, 1.82) is 0 Å². The van der Waals surface area contributed by atoms with Crippen LogP contribution in [0.25, 0.3) is 11.3 Å². The van der Waals surface area contributed by atoms with Gasteiger partial charge in [0.1, 0.15) is 22.9 Å². The molecule has 0 amide bonds. The highest BCUT2D eigenvalue weighted by Gasteiger charge is 2.19. The summed E-state index contributed by atoms with van der Waals surface area (Å²) in [6.07, 6.45) is -1.02. The summed E-state index contributed by atoms with van der Waals surface area (Å²) in [6.45, 7) is 3.23. The molecule has 0 aliphatic rings. The van der Waals surface area contributed by atoms with Gasteiger partial charge in [0, 0.05) is 11.6 Å². The Kier molecular flexibility index (Phi) is 4.79. The summed E-state index contributed by atoms with van der Waals surface area (Å²) in [7, 11) is 0. The maximum absolute atomic E-state index is 10.9. The lowest BCUT2D eigenvalue weighted by Gasteiger charge is -2.12. The van der Waals surface area contributed by atoms with E-state index < -0.39 is 12.1 Å². The van der Waals surface area contributed by atoms with Gasteiger partial charge < -0.3 is 19.7 Å². The molecule has 3 aromatic rings. The van der Waals surface area contributed by atoms with Gasteiger partial charge in [0.15, 0.2) is 11.9 Å². The van der Waals surface area contributed by atoms with Crippen molar-refractivity contribution in [3.63, 3.8) is 0 Å². The van der Waals surface area contributed by atoms with Crippen LogP contribution in [0, 0.1) is 6.92 Å². The summed E-state index contributed by atoms with van der Waals surface area (Å²) in [4.78, 5) is 10.9. The quantitative estimate of drug-likeness (QED) is 0.623. The van der Waals surface area contributed by atoms with Crippen molar-refractivity contribution in [3.05, 3.63) is 54.2 Å². The third-order valence-corrected chi connectivity index (χ3v) is 3.74. The van der Waals surface area contributed by atoms with Crippen molar-refractivity contribution in [1.82, 2.24) is 10.2 Å². The molecule has 3 N–H and O–H groups in total. The zero-order valence-electron chi connectivity index (χ0n) is 14.3. The van der Waals surface area contributed by atoms with Crippen molar-refractivity contribution in [2.75, 3.05) is 0 Å². The van der Waals surface area contributed by atoms with Crippen LogP contribution in [-0.2, 0) is 4.79 Å². The van der Waals surface area contributed by atoms with E-state index in [1.807, 2.05) is 37.3 Å². The van der Waals surface area contributed by atoms with Gasteiger partial charge in [-0.2, -0.15) is 5.10 Å². The first-order valence-electron chi connectivity index (χ1n) is 7.96. The van der Waals surface area contributed by atoms with Gasteiger partial charge in [0.25, 0.3) is 0 Å². The predicted molar refractivity (Wildman–Crippen MR) is 94.7 cm³/mol. The van der Waals surface area contributed by atoms with Crippen LogP contribution in [0.1, 0.15) is 12.6 Å². The Morgan fingerprint density at radius 1 is 1.15 bits per heavy atom. The summed E-state index contributed by atoms with van der Waals surface area (Å²) in [5.74, 6) is 0.213. The Morgan fingerprint density at radius 3 is 2.54 bits per heavy atom. The van der Waals surface area contributed by atoms with Crippen LogP contribution < -0.4 is 9.47 Å². The number of phenolic OH excluding ortho intramolecular Hbond substituents is 1. The lowest BCUT2D eigenvalue weighted by Crippen LogP contribution is -2.22. The number of rotatable bonds is 6. The standard InChI is InChI=1S/C19H18N2O5/c1-11-18(26-13-6-4-3-5-7-13)17(21-20-11)15-9-8-14(10-16(15)22)25-12(2)19(23)24/h3-10,12,22H,1-2H3,(H,20,21)(H,23,24). The SMILES string of the molecule is Cc1[nH]nc(-c2ccc(OC(C)C(=O)O)cc2O)c1Oc1ccccc1. The number of H-pyrrole nitrogens is 1. The van der Waals surface area contributed by atoms with Crippen LogP contribution in [0.5, 0.6) is 23.0 Å². The Labute approximate surface area is 149 Å². The molecule has 1 atom stereocenters. The first kappa shape index (κ1) is 17.3. The van der Waals surface area contributed by atoms with Gasteiger partial charge in [0.05, 0.1) is 5.69 Å². The van der Waals surface area contributed by atoms with Gasteiger partial charge in [-0.3, -0.25) is 5.10 Å². The normalized spacial score (nSPS) is 11.8. The molecule has 0 aliphatic heterocycles. The first-order valence-corrected chi connectivity index (χ1v) is 7.96. The minimum Gasteiger partial charge on any atom is -0.507 e. The minimum atomic E-state index is -1.09. The molecule has 134 valence electrons. The second kappa shape index (κ2) is 7.18. The number of phenols is 1. The molecule has 7 heteroatoms. The predicted octanol–water partition coefficient (Wildman–Crippen LogP) is 3.73. The largest absolute Gasteiger partial charge is 0.507 e. The summed E-state index contributed by atoms with van der Waals surface area (Å²) in [5, 5.41) is 26.3. The van der Waals surface area contributed by atoms with E-state index in [0.29, 0.717) is 28.5 Å².